The maximum atomic E-state index is 12.4. The van der Waals surface area contributed by atoms with Gasteiger partial charge < -0.3 is 15.4 Å². The SMILES string of the molecule is Cc1cnc2c(C#N)cccc2c1-n1c(C)nc2c(C(N)=O)cc(N3CCOCC3)cc21. The standard InChI is InChI=1S/C24H22N6O2/c1-14-13-27-21-16(12-25)4-3-5-18(21)23(14)30-15(2)28-22-19(24(26)31)10-17(11-20(22)30)29-6-8-32-9-7-29/h3-5,10-11,13H,6-9H2,1-2H3,(H2,26,31). The number of hydrogen-bond acceptors (Lipinski definition) is 6. The van der Waals surface area contributed by atoms with Gasteiger partial charge in [0.1, 0.15) is 17.4 Å². The summed E-state index contributed by atoms with van der Waals surface area (Å²) < 4.78 is 7.52. The zero-order valence-electron chi connectivity index (χ0n) is 17.9. The van der Waals surface area contributed by atoms with E-state index in [1.165, 1.54) is 0 Å². The summed E-state index contributed by atoms with van der Waals surface area (Å²) in [6.07, 6.45) is 1.77. The number of nitriles is 1. The molecule has 4 aromatic rings. The number of amides is 1. The first-order valence-corrected chi connectivity index (χ1v) is 10.4. The van der Waals surface area contributed by atoms with E-state index in [1.54, 1.807) is 12.3 Å². The van der Waals surface area contributed by atoms with Gasteiger partial charge in [-0.3, -0.25) is 14.3 Å². The highest BCUT2D eigenvalue weighted by Gasteiger charge is 2.22. The third-order valence-corrected chi connectivity index (χ3v) is 5.95. The van der Waals surface area contributed by atoms with Gasteiger partial charge in [0.2, 0.25) is 0 Å². The van der Waals surface area contributed by atoms with Crippen molar-refractivity contribution < 1.29 is 9.53 Å². The van der Waals surface area contributed by atoms with Gasteiger partial charge in [-0.15, -0.1) is 0 Å². The van der Waals surface area contributed by atoms with Gasteiger partial charge in [0.05, 0.1) is 41.1 Å². The number of para-hydroxylation sites is 1. The van der Waals surface area contributed by atoms with Crippen molar-refractivity contribution in [2.75, 3.05) is 31.2 Å². The van der Waals surface area contributed by atoms with Gasteiger partial charge in [-0.05, 0) is 37.6 Å². The van der Waals surface area contributed by atoms with Crippen LogP contribution in [-0.4, -0.2) is 46.7 Å². The Kier molecular flexibility index (Phi) is 4.76. The summed E-state index contributed by atoms with van der Waals surface area (Å²) in [4.78, 5) is 23.8. The number of aryl methyl sites for hydroxylation is 2. The van der Waals surface area contributed by atoms with Gasteiger partial charge in [0.15, 0.2) is 0 Å². The molecule has 32 heavy (non-hydrogen) atoms. The number of morpholine rings is 1. The smallest absolute Gasteiger partial charge is 0.251 e. The fourth-order valence-electron chi connectivity index (χ4n) is 4.45. The predicted octanol–water partition coefficient (Wildman–Crippen LogP) is 3.00. The van der Waals surface area contributed by atoms with Crippen molar-refractivity contribution in [1.29, 1.82) is 5.26 Å². The number of nitrogens with two attached hydrogens (primary N) is 1. The molecule has 1 aliphatic heterocycles. The number of aromatic nitrogens is 3. The number of pyridine rings is 1. The van der Waals surface area contributed by atoms with Gasteiger partial charge in [-0.1, -0.05) is 12.1 Å². The Morgan fingerprint density at radius 2 is 1.97 bits per heavy atom. The minimum atomic E-state index is -0.516. The third kappa shape index (κ3) is 3.06. The lowest BCUT2D eigenvalue weighted by Gasteiger charge is -2.29. The van der Waals surface area contributed by atoms with Crippen molar-refractivity contribution in [2.45, 2.75) is 13.8 Å². The molecule has 1 saturated heterocycles. The summed E-state index contributed by atoms with van der Waals surface area (Å²) in [5.74, 6) is 0.206. The molecule has 0 bridgehead atoms. The molecule has 0 spiro atoms. The largest absolute Gasteiger partial charge is 0.378 e. The van der Waals surface area contributed by atoms with Crippen LogP contribution in [0.5, 0.6) is 0 Å². The summed E-state index contributed by atoms with van der Waals surface area (Å²) in [5, 5.41) is 10.4. The Labute approximate surface area is 184 Å². The molecule has 0 unspecified atom stereocenters. The van der Waals surface area contributed by atoms with Crippen LogP contribution in [0.15, 0.2) is 36.5 Å². The van der Waals surface area contributed by atoms with E-state index < -0.39 is 5.91 Å². The van der Waals surface area contributed by atoms with E-state index in [-0.39, 0.29) is 0 Å². The molecule has 2 aromatic heterocycles. The van der Waals surface area contributed by atoms with Crippen LogP contribution in [-0.2, 0) is 4.74 Å². The molecule has 8 heteroatoms. The van der Waals surface area contributed by atoms with Gasteiger partial charge >= 0.3 is 0 Å². The first-order valence-electron chi connectivity index (χ1n) is 10.4. The van der Waals surface area contributed by atoms with Crippen LogP contribution in [0, 0.1) is 25.2 Å². The minimum absolute atomic E-state index is 0.388. The van der Waals surface area contributed by atoms with Crippen molar-refractivity contribution in [3.63, 3.8) is 0 Å². The third-order valence-electron chi connectivity index (χ3n) is 5.95. The Bertz CT molecular complexity index is 1430. The molecule has 2 aromatic carbocycles. The monoisotopic (exact) mass is 426 g/mol. The van der Waals surface area contributed by atoms with Crippen LogP contribution in [0.3, 0.4) is 0 Å². The Balaban J connectivity index is 1.85. The van der Waals surface area contributed by atoms with Crippen LogP contribution in [0.2, 0.25) is 0 Å². The average Bonchev–Trinajstić information content (AvgIpc) is 3.13. The number of carbonyl (C=O) groups excluding carboxylic acids is 1. The van der Waals surface area contributed by atoms with Crippen LogP contribution >= 0.6 is 0 Å². The van der Waals surface area contributed by atoms with E-state index in [0.29, 0.717) is 35.4 Å². The number of anilines is 1. The molecule has 1 fully saturated rings. The van der Waals surface area contributed by atoms with Gasteiger partial charge in [-0.25, -0.2) is 4.98 Å². The minimum Gasteiger partial charge on any atom is -0.378 e. The number of imidazole rings is 1. The van der Waals surface area contributed by atoms with Gasteiger partial charge in [0.25, 0.3) is 5.91 Å². The molecule has 0 saturated carbocycles. The second-order valence-corrected chi connectivity index (χ2v) is 7.92. The molecule has 160 valence electrons. The fourth-order valence-corrected chi connectivity index (χ4v) is 4.45. The summed E-state index contributed by atoms with van der Waals surface area (Å²) in [7, 11) is 0. The fraction of sp³-hybridized carbons (Fsp3) is 0.250. The summed E-state index contributed by atoms with van der Waals surface area (Å²) in [6, 6.07) is 11.7. The topological polar surface area (TPSA) is 110 Å². The molecule has 1 amide bonds. The normalized spacial score (nSPS) is 14.1. The molecule has 5 rings (SSSR count). The van der Waals surface area contributed by atoms with Gasteiger partial charge in [-0.2, -0.15) is 5.26 Å². The van der Waals surface area contributed by atoms with Crippen LogP contribution in [0.25, 0.3) is 27.6 Å². The lowest BCUT2D eigenvalue weighted by atomic mass is 10.1. The number of primary amides is 1. The summed E-state index contributed by atoms with van der Waals surface area (Å²) in [5.41, 5.74) is 11.4. The molecule has 2 N–H and O–H groups in total. The predicted molar refractivity (Wildman–Crippen MR) is 122 cm³/mol. The lowest BCUT2D eigenvalue weighted by molar-refractivity contribution is 0.100. The Hall–Kier alpha value is -3.96. The first-order chi connectivity index (χ1) is 15.5. The molecule has 0 radical (unpaired) electrons. The summed E-state index contributed by atoms with van der Waals surface area (Å²) in [6.45, 7) is 6.62. The van der Waals surface area contributed by atoms with Crippen LogP contribution < -0.4 is 10.6 Å². The zero-order valence-corrected chi connectivity index (χ0v) is 17.9. The van der Waals surface area contributed by atoms with Crippen molar-refractivity contribution >= 4 is 33.5 Å². The van der Waals surface area contributed by atoms with Crippen molar-refractivity contribution in [3.05, 3.63) is 59.0 Å². The summed E-state index contributed by atoms with van der Waals surface area (Å²) >= 11 is 0. The number of hydrogen-bond donors (Lipinski definition) is 1. The highest BCUT2D eigenvalue weighted by molar-refractivity contribution is 6.06. The van der Waals surface area contributed by atoms with Crippen LogP contribution in [0.1, 0.15) is 27.3 Å². The second-order valence-electron chi connectivity index (χ2n) is 7.92. The van der Waals surface area contributed by atoms with Gasteiger partial charge in [0, 0.05) is 30.4 Å². The number of rotatable bonds is 3. The second kappa shape index (κ2) is 7.62. The Morgan fingerprint density at radius 3 is 2.69 bits per heavy atom. The first kappa shape index (κ1) is 20.0. The molecule has 1 aliphatic rings. The highest BCUT2D eigenvalue weighted by atomic mass is 16.5. The van der Waals surface area contributed by atoms with Crippen LogP contribution in [0.4, 0.5) is 5.69 Å². The Morgan fingerprint density at radius 1 is 1.19 bits per heavy atom. The zero-order chi connectivity index (χ0) is 22.4. The molecule has 3 heterocycles. The molecule has 0 atom stereocenters. The number of benzene rings is 2. The van der Waals surface area contributed by atoms with E-state index in [1.807, 2.05) is 42.7 Å². The van der Waals surface area contributed by atoms with Crippen molar-refractivity contribution in [3.8, 4) is 11.8 Å². The van der Waals surface area contributed by atoms with E-state index in [2.05, 4.69) is 16.0 Å². The molecule has 8 nitrogen and oxygen atoms in total. The van der Waals surface area contributed by atoms with Crippen molar-refractivity contribution in [1.82, 2.24) is 14.5 Å². The maximum absolute atomic E-state index is 12.4. The molecular formula is C24H22N6O2. The number of fused-ring (bicyclic) bond motifs is 2. The number of ether oxygens (including phenoxy) is 1. The van der Waals surface area contributed by atoms with Crippen molar-refractivity contribution in [2.24, 2.45) is 5.73 Å². The van der Waals surface area contributed by atoms with E-state index >= 15 is 0 Å². The number of carbonyl (C=O) groups is 1. The molecular weight excluding hydrogens is 404 g/mol. The lowest BCUT2D eigenvalue weighted by Crippen LogP contribution is -2.36. The maximum Gasteiger partial charge on any atom is 0.251 e. The molecule has 0 aliphatic carbocycles. The number of nitrogens with zero attached hydrogens (tertiary/aromatic N) is 5. The highest BCUT2D eigenvalue weighted by Crippen LogP contribution is 2.34. The average molecular weight is 426 g/mol. The van der Waals surface area contributed by atoms with E-state index in [9.17, 15) is 10.1 Å². The quantitative estimate of drug-likeness (QED) is 0.539. The van der Waals surface area contributed by atoms with E-state index in [4.69, 9.17) is 15.5 Å². The van der Waals surface area contributed by atoms with E-state index in [0.717, 1.165) is 46.8 Å².